The SMILES string of the molecule is C[C@H]1c2ccc(Cl)cc2CCN1C(=O)CNc1cc2cc(CNC3CC3)[nH]c(=O)c2cc1F. The van der Waals surface area contributed by atoms with E-state index in [9.17, 15) is 14.0 Å². The van der Waals surface area contributed by atoms with E-state index in [0.29, 0.717) is 34.9 Å². The van der Waals surface area contributed by atoms with Crippen molar-refractivity contribution >= 4 is 34.0 Å². The van der Waals surface area contributed by atoms with Gasteiger partial charge in [-0.15, -0.1) is 0 Å². The molecule has 3 aromatic rings. The first-order valence-electron chi connectivity index (χ1n) is 11.3. The molecule has 0 spiro atoms. The van der Waals surface area contributed by atoms with Gasteiger partial charge in [-0.1, -0.05) is 17.7 Å². The average Bonchev–Trinajstić information content (AvgIpc) is 3.61. The van der Waals surface area contributed by atoms with Gasteiger partial charge in [0.15, 0.2) is 0 Å². The third-order valence-corrected chi connectivity index (χ3v) is 6.78. The van der Waals surface area contributed by atoms with Gasteiger partial charge in [-0.05, 0) is 73.0 Å². The number of fused-ring (bicyclic) bond motifs is 2. The van der Waals surface area contributed by atoms with E-state index in [2.05, 4.69) is 15.6 Å². The molecule has 1 atom stereocenters. The monoisotopic (exact) mass is 468 g/mol. The number of rotatable bonds is 6. The maximum Gasteiger partial charge on any atom is 0.256 e. The van der Waals surface area contributed by atoms with E-state index in [1.807, 2.05) is 31.2 Å². The van der Waals surface area contributed by atoms with Gasteiger partial charge in [0.05, 0.1) is 23.7 Å². The van der Waals surface area contributed by atoms with Gasteiger partial charge in [-0.2, -0.15) is 0 Å². The third-order valence-electron chi connectivity index (χ3n) is 6.54. The summed E-state index contributed by atoms with van der Waals surface area (Å²) in [4.78, 5) is 30.0. The molecule has 2 aromatic carbocycles. The highest BCUT2D eigenvalue weighted by Gasteiger charge is 2.27. The summed E-state index contributed by atoms with van der Waals surface area (Å²) in [6.45, 7) is 3.11. The van der Waals surface area contributed by atoms with E-state index in [0.717, 1.165) is 36.1 Å². The minimum Gasteiger partial charge on any atom is -0.374 e. The van der Waals surface area contributed by atoms with Crippen LogP contribution in [0.1, 0.15) is 42.6 Å². The molecule has 2 heterocycles. The Labute approximate surface area is 196 Å². The zero-order valence-corrected chi connectivity index (χ0v) is 19.1. The molecule has 0 radical (unpaired) electrons. The van der Waals surface area contributed by atoms with Gasteiger partial charge >= 0.3 is 0 Å². The number of anilines is 1. The molecule has 2 aliphatic rings. The second-order valence-corrected chi connectivity index (χ2v) is 9.34. The highest BCUT2D eigenvalue weighted by molar-refractivity contribution is 6.30. The predicted molar refractivity (Wildman–Crippen MR) is 128 cm³/mol. The number of aromatic nitrogens is 1. The number of aromatic amines is 1. The highest BCUT2D eigenvalue weighted by Crippen LogP contribution is 2.31. The fourth-order valence-electron chi connectivity index (χ4n) is 4.53. The number of halogens is 2. The average molecular weight is 469 g/mol. The van der Waals surface area contributed by atoms with Crippen LogP contribution in [0.25, 0.3) is 10.8 Å². The zero-order valence-electron chi connectivity index (χ0n) is 18.4. The van der Waals surface area contributed by atoms with Gasteiger partial charge in [0.2, 0.25) is 5.91 Å². The smallest absolute Gasteiger partial charge is 0.256 e. The van der Waals surface area contributed by atoms with Crippen molar-refractivity contribution in [3.05, 3.63) is 74.4 Å². The molecule has 0 bridgehead atoms. The molecular weight excluding hydrogens is 443 g/mol. The molecule has 172 valence electrons. The van der Waals surface area contributed by atoms with Gasteiger partial charge < -0.3 is 20.5 Å². The van der Waals surface area contributed by atoms with E-state index in [1.54, 1.807) is 11.0 Å². The lowest BCUT2D eigenvalue weighted by molar-refractivity contribution is -0.131. The fraction of sp³-hybridized carbons (Fsp3) is 0.360. The van der Waals surface area contributed by atoms with Crippen LogP contribution in [0.5, 0.6) is 0 Å². The van der Waals surface area contributed by atoms with Crippen molar-refractivity contribution in [2.75, 3.05) is 18.4 Å². The van der Waals surface area contributed by atoms with Crippen LogP contribution >= 0.6 is 11.6 Å². The van der Waals surface area contributed by atoms with Crippen molar-refractivity contribution in [3.8, 4) is 0 Å². The number of carbonyl (C=O) groups excluding carboxylic acids is 1. The Balaban J connectivity index is 1.31. The lowest BCUT2D eigenvalue weighted by Crippen LogP contribution is -2.41. The van der Waals surface area contributed by atoms with Gasteiger partial charge in [0, 0.05) is 29.8 Å². The first-order chi connectivity index (χ1) is 15.9. The minimum atomic E-state index is -0.559. The second-order valence-electron chi connectivity index (χ2n) is 8.91. The van der Waals surface area contributed by atoms with E-state index in [4.69, 9.17) is 11.6 Å². The van der Waals surface area contributed by atoms with Crippen LogP contribution in [0.4, 0.5) is 10.1 Å². The number of pyridine rings is 1. The Hall–Kier alpha value is -2.90. The number of H-pyrrole nitrogens is 1. The van der Waals surface area contributed by atoms with Crippen LogP contribution < -0.4 is 16.2 Å². The molecule has 5 rings (SSSR count). The normalized spacial score (nSPS) is 17.8. The van der Waals surface area contributed by atoms with Crippen LogP contribution in [0, 0.1) is 5.82 Å². The topological polar surface area (TPSA) is 77.2 Å². The predicted octanol–water partition coefficient (Wildman–Crippen LogP) is 4.13. The molecule has 8 heteroatoms. The molecule has 0 unspecified atom stereocenters. The van der Waals surface area contributed by atoms with Crippen LogP contribution in [0.3, 0.4) is 0 Å². The lowest BCUT2D eigenvalue weighted by Gasteiger charge is -2.35. The fourth-order valence-corrected chi connectivity index (χ4v) is 4.72. The molecule has 1 aliphatic heterocycles. The van der Waals surface area contributed by atoms with E-state index >= 15 is 0 Å². The third kappa shape index (κ3) is 4.61. The number of nitrogens with one attached hydrogen (secondary N) is 3. The Kier molecular flexibility index (Phi) is 5.85. The Morgan fingerprint density at radius 1 is 1.24 bits per heavy atom. The highest BCUT2D eigenvalue weighted by atomic mass is 35.5. The van der Waals surface area contributed by atoms with Gasteiger partial charge in [0.1, 0.15) is 5.82 Å². The number of benzene rings is 2. The van der Waals surface area contributed by atoms with E-state index in [-0.39, 0.29) is 29.7 Å². The van der Waals surface area contributed by atoms with Crippen molar-refractivity contribution in [2.45, 2.75) is 44.8 Å². The molecule has 0 saturated heterocycles. The van der Waals surface area contributed by atoms with Gasteiger partial charge in [-0.3, -0.25) is 9.59 Å². The minimum absolute atomic E-state index is 0.0328. The van der Waals surface area contributed by atoms with E-state index < -0.39 is 5.82 Å². The molecule has 33 heavy (non-hydrogen) atoms. The van der Waals surface area contributed by atoms with Gasteiger partial charge in [0.25, 0.3) is 5.56 Å². The summed E-state index contributed by atoms with van der Waals surface area (Å²) in [5, 5.41) is 7.93. The Morgan fingerprint density at radius 2 is 2.06 bits per heavy atom. The van der Waals surface area contributed by atoms with Crippen molar-refractivity contribution in [2.24, 2.45) is 0 Å². The Bertz CT molecular complexity index is 1290. The van der Waals surface area contributed by atoms with Crippen molar-refractivity contribution in [1.82, 2.24) is 15.2 Å². The second kappa shape index (κ2) is 8.80. The lowest BCUT2D eigenvalue weighted by atomic mass is 9.93. The Morgan fingerprint density at radius 3 is 2.85 bits per heavy atom. The molecule has 1 amide bonds. The van der Waals surface area contributed by atoms with Crippen LogP contribution in [-0.2, 0) is 17.8 Å². The number of nitrogens with zero attached hydrogens (tertiary/aromatic N) is 1. The molecule has 1 saturated carbocycles. The molecular formula is C25H26ClFN4O2. The molecule has 3 N–H and O–H groups in total. The molecule has 1 aromatic heterocycles. The van der Waals surface area contributed by atoms with Crippen LogP contribution in [0.2, 0.25) is 5.02 Å². The standard InChI is InChI=1S/C25H26ClFN4O2/c1-14-20-5-2-17(26)8-15(20)6-7-31(14)24(32)13-29-23-10-16-9-19(12-28-18-3-4-18)30-25(33)21(16)11-22(23)27/h2,5,8-11,14,18,28-29H,3-4,6-7,12-13H2,1H3,(H,30,33)/t14-/m0/s1. The van der Waals surface area contributed by atoms with Crippen molar-refractivity contribution < 1.29 is 9.18 Å². The number of amides is 1. The first kappa shape index (κ1) is 21.9. The number of carbonyl (C=O) groups is 1. The quantitative estimate of drug-likeness (QED) is 0.508. The first-order valence-corrected chi connectivity index (χ1v) is 11.7. The summed E-state index contributed by atoms with van der Waals surface area (Å²) in [5.41, 5.74) is 2.89. The van der Waals surface area contributed by atoms with Crippen LogP contribution in [0.15, 0.2) is 41.2 Å². The summed E-state index contributed by atoms with van der Waals surface area (Å²) in [6, 6.07) is 10.9. The molecule has 1 fully saturated rings. The summed E-state index contributed by atoms with van der Waals surface area (Å²) in [5.74, 6) is -0.667. The van der Waals surface area contributed by atoms with Crippen molar-refractivity contribution in [1.29, 1.82) is 0 Å². The van der Waals surface area contributed by atoms with E-state index in [1.165, 1.54) is 6.07 Å². The largest absolute Gasteiger partial charge is 0.374 e. The summed E-state index contributed by atoms with van der Waals surface area (Å²) < 4.78 is 14.7. The molecule has 6 nitrogen and oxygen atoms in total. The van der Waals surface area contributed by atoms with Crippen LogP contribution in [-0.4, -0.2) is 34.9 Å². The summed E-state index contributed by atoms with van der Waals surface area (Å²) in [6.07, 6.45) is 3.04. The summed E-state index contributed by atoms with van der Waals surface area (Å²) in [7, 11) is 0. The van der Waals surface area contributed by atoms with Crippen molar-refractivity contribution in [3.63, 3.8) is 0 Å². The maximum absolute atomic E-state index is 14.7. The summed E-state index contributed by atoms with van der Waals surface area (Å²) >= 11 is 6.10. The van der Waals surface area contributed by atoms with Gasteiger partial charge in [-0.25, -0.2) is 4.39 Å². The zero-order chi connectivity index (χ0) is 23.1. The number of hydrogen-bond donors (Lipinski definition) is 3. The molecule has 1 aliphatic carbocycles. The maximum atomic E-state index is 14.7. The number of hydrogen-bond acceptors (Lipinski definition) is 4.